The fraction of sp³-hybridized carbons (Fsp3) is 0.375. The monoisotopic (exact) mass is 300 g/mol. The van der Waals surface area contributed by atoms with Gasteiger partial charge in [-0.05, 0) is 18.8 Å². The number of aliphatic imine (C=N–C) groups is 1. The van der Waals surface area contributed by atoms with Gasteiger partial charge in [-0.1, -0.05) is 30.3 Å². The lowest BCUT2D eigenvalue weighted by Gasteiger charge is -2.10. The smallest absolute Gasteiger partial charge is 0.191 e. The molecule has 21 heavy (non-hydrogen) atoms. The van der Waals surface area contributed by atoms with E-state index < -0.39 is 0 Å². The first-order chi connectivity index (χ1) is 10.3. The van der Waals surface area contributed by atoms with E-state index >= 15 is 0 Å². The van der Waals surface area contributed by atoms with Crippen LogP contribution in [0.1, 0.15) is 18.5 Å². The topological polar surface area (TPSA) is 49.3 Å². The van der Waals surface area contributed by atoms with Crippen LogP contribution in [-0.2, 0) is 6.54 Å². The largest absolute Gasteiger partial charge is 0.356 e. The zero-order valence-electron chi connectivity index (χ0n) is 12.2. The molecule has 1 aromatic heterocycles. The van der Waals surface area contributed by atoms with Gasteiger partial charge in [-0.25, -0.2) is 4.98 Å². The van der Waals surface area contributed by atoms with E-state index in [9.17, 15) is 0 Å². The molecule has 1 aliphatic rings. The number of aromatic nitrogens is 1. The molecule has 1 saturated carbocycles. The maximum atomic E-state index is 4.67. The van der Waals surface area contributed by atoms with E-state index in [0.717, 1.165) is 29.1 Å². The normalized spacial score (nSPS) is 15.0. The van der Waals surface area contributed by atoms with Crippen LogP contribution in [-0.4, -0.2) is 24.5 Å². The molecule has 0 atom stereocenters. The predicted octanol–water partition coefficient (Wildman–Crippen LogP) is 2.89. The van der Waals surface area contributed by atoms with Gasteiger partial charge < -0.3 is 10.6 Å². The van der Waals surface area contributed by atoms with Crippen LogP contribution < -0.4 is 10.6 Å². The van der Waals surface area contributed by atoms with E-state index in [4.69, 9.17) is 0 Å². The first-order valence-electron chi connectivity index (χ1n) is 7.29. The lowest BCUT2D eigenvalue weighted by molar-refractivity contribution is 0.734. The summed E-state index contributed by atoms with van der Waals surface area (Å²) in [4.78, 5) is 8.91. The lowest BCUT2D eigenvalue weighted by Crippen LogP contribution is -2.37. The van der Waals surface area contributed by atoms with E-state index in [0.29, 0.717) is 6.54 Å². The van der Waals surface area contributed by atoms with E-state index in [-0.39, 0.29) is 0 Å². The maximum Gasteiger partial charge on any atom is 0.191 e. The van der Waals surface area contributed by atoms with Gasteiger partial charge in [0.05, 0.1) is 12.2 Å². The van der Waals surface area contributed by atoms with Crippen LogP contribution in [0.15, 0.2) is 40.7 Å². The molecular weight excluding hydrogens is 280 g/mol. The standard InChI is InChI=1S/C16H20N4S/c1-17-16(18-9-12-7-8-12)19-10-14-11-21-15(20-14)13-5-3-2-4-6-13/h2-6,11-12H,7-10H2,1H3,(H2,17,18,19). The second-order valence-electron chi connectivity index (χ2n) is 5.26. The number of hydrogen-bond acceptors (Lipinski definition) is 3. The highest BCUT2D eigenvalue weighted by Gasteiger charge is 2.21. The van der Waals surface area contributed by atoms with E-state index in [1.807, 2.05) is 18.2 Å². The second-order valence-corrected chi connectivity index (χ2v) is 6.12. The van der Waals surface area contributed by atoms with Gasteiger partial charge >= 0.3 is 0 Å². The molecule has 1 heterocycles. The van der Waals surface area contributed by atoms with Gasteiger partial charge in [-0.2, -0.15) is 0 Å². The van der Waals surface area contributed by atoms with Gasteiger partial charge in [0.1, 0.15) is 5.01 Å². The summed E-state index contributed by atoms with van der Waals surface area (Å²) in [5.74, 6) is 1.70. The lowest BCUT2D eigenvalue weighted by atomic mass is 10.2. The van der Waals surface area contributed by atoms with Crippen molar-refractivity contribution >= 4 is 17.3 Å². The maximum absolute atomic E-state index is 4.67. The molecule has 2 aromatic rings. The molecule has 0 spiro atoms. The van der Waals surface area contributed by atoms with Crippen molar-refractivity contribution in [2.45, 2.75) is 19.4 Å². The van der Waals surface area contributed by atoms with Gasteiger partial charge in [0.25, 0.3) is 0 Å². The van der Waals surface area contributed by atoms with Crippen molar-refractivity contribution in [3.05, 3.63) is 41.4 Å². The highest BCUT2D eigenvalue weighted by molar-refractivity contribution is 7.13. The number of rotatable bonds is 5. The van der Waals surface area contributed by atoms with Crippen LogP contribution in [0.25, 0.3) is 10.6 Å². The number of nitrogens with one attached hydrogen (secondary N) is 2. The van der Waals surface area contributed by atoms with E-state index in [1.54, 1.807) is 18.4 Å². The Morgan fingerprint density at radius 3 is 2.81 bits per heavy atom. The third kappa shape index (κ3) is 4.04. The van der Waals surface area contributed by atoms with Crippen LogP contribution >= 0.6 is 11.3 Å². The highest BCUT2D eigenvalue weighted by Crippen LogP contribution is 2.27. The van der Waals surface area contributed by atoms with Crippen molar-refractivity contribution in [2.24, 2.45) is 10.9 Å². The Hall–Kier alpha value is -1.88. The minimum Gasteiger partial charge on any atom is -0.356 e. The molecular formula is C16H20N4S. The zero-order chi connectivity index (χ0) is 14.5. The van der Waals surface area contributed by atoms with Crippen molar-refractivity contribution in [1.29, 1.82) is 0 Å². The van der Waals surface area contributed by atoms with Crippen molar-refractivity contribution < 1.29 is 0 Å². The SMILES string of the molecule is CN=C(NCc1csc(-c2ccccc2)n1)NCC1CC1. The van der Waals surface area contributed by atoms with Crippen LogP contribution in [0.4, 0.5) is 0 Å². The molecule has 0 saturated heterocycles. The number of hydrogen-bond donors (Lipinski definition) is 2. The number of guanidine groups is 1. The van der Waals surface area contributed by atoms with Gasteiger partial charge in [0, 0.05) is 24.5 Å². The first kappa shape index (κ1) is 14.1. The molecule has 0 bridgehead atoms. The van der Waals surface area contributed by atoms with Crippen molar-refractivity contribution in [2.75, 3.05) is 13.6 Å². The summed E-state index contributed by atoms with van der Waals surface area (Å²) in [6.07, 6.45) is 2.69. The average molecular weight is 300 g/mol. The number of thiazole rings is 1. The molecule has 1 aliphatic carbocycles. The Labute approximate surface area is 129 Å². The molecule has 0 unspecified atom stereocenters. The predicted molar refractivity (Wildman–Crippen MR) is 88.5 cm³/mol. The third-order valence-electron chi connectivity index (χ3n) is 3.49. The molecule has 5 heteroatoms. The summed E-state index contributed by atoms with van der Waals surface area (Å²) < 4.78 is 0. The highest BCUT2D eigenvalue weighted by atomic mass is 32.1. The fourth-order valence-electron chi connectivity index (χ4n) is 2.06. The minimum atomic E-state index is 0.702. The molecule has 0 amide bonds. The van der Waals surface area contributed by atoms with Gasteiger partial charge in [-0.15, -0.1) is 11.3 Å². The summed E-state index contributed by atoms with van der Waals surface area (Å²) in [6, 6.07) is 10.3. The van der Waals surface area contributed by atoms with Gasteiger partial charge in [0.2, 0.25) is 0 Å². The molecule has 3 rings (SSSR count). The summed E-state index contributed by atoms with van der Waals surface area (Å²) in [6.45, 7) is 1.72. The molecule has 0 aliphatic heterocycles. The van der Waals surface area contributed by atoms with Gasteiger partial charge in [-0.3, -0.25) is 4.99 Å². The van der Waals surface area contributed by atoms with Crippen LogP contribution in [0.2, 0.25) is 0 Å². The quantitative estimate of drug-likeness (QED) is 0.659. The average Bonchev–Trinajstić information content (AvgIpc) is 3.24. The molecule has 4 nitrogen and oxygen atoms in total. The number of benzene rings is 1. The van der Waals surface area contributed by atoms with Crippen LogP contribution in [0.3, 0.4) is 0 Å². The number of nitrogens with zero attached hydrogens (tertiary/aromatic N) is 2. The Balaban J connectivity index is 1.54. The van der Waals surface area contributed by atoms with E-state index in [1.165, 1.54) is 18.4 Å². The van der Waals surface area contributed by atoms with Crippen molar-refractivity contribution in [1.82, 2.24) is 15.6 Å². The molecule has 0 radical (unpaired) electrons. The second kappa shape index (κ2) is 6.72. The van der Waals surface area contributed by atoms with Crippen LogP contribution in [0, 0.1) is 5.92 Å². The minimum absolute atomic E-state index is 0.702. The molecule has 1 aromatic carbocycles. The summed E-state index contributed by atoms with van der Waals surface area (Å²) in [5.41, 5.74) is 2.22. The van der Waals surface area contributed by atoms with Gasteiger partial charge in [0.15, 0.2) is 5.96 Å². The van der Waals surface area contributed by atoms with Crippen molar-refractivity contribution in [3.8, 4) is 10.6 Å². The van der Waals surface area contributed by atoms with E-state index in [2.05, 4.69) is 38.1 Å². The molecule has 1 fully saturated rings. The zero-order valence-corrected chi connectivity index (χ0v) is 13.0. The summed E-state index contributed by atoms with van der Waals surface area (Å²) in [7, 11) is 1.80. The Morgan fingerprint density at radius 1 is 1.29 bits per heavy atom. The molecule has 2 N–H and O–H groups in total. The Kier molecular flexibility index (Phi) is 4.50. The first-order valence-corrected chi connectivity index (χ1v) is 8.17. The molecule has 110 valence electrons. The fourth-order valence-corrected chi connectivity index (χ4v) is 2.89. The third-order valence-corrected chi connectivity index (χ3v) is 4.43. The Morgan fingerprint density at radius 2 is 2.10 bits per heavy atom. The van der Waals surface area contributed by atoms with Crippen LogP contribution in [0.5, 0.6) is 0 Å². The summed E-state index contributed by atoms with van der Waals surface area (Å²) >= 11 is 1.68. The Bertz CT molecular complexity index is 602. The van der Waals surface area contributed by atoms with Crippen molar-refractivity contribution in [3.63, 3.8) is 0 Å². The summed E-state index contributed by atoms with van der Waals surface area (Å²) in [5, 5.41) is 9.84.